The molecule has 2 heterocycles. The Kier molecular flexibility index (Phi) is 4.81. The van der Waals surface area contributed by atoms with Gasteiger partial charge in [0, 0.05) is 38.5 Å². The Hall–Kier alpha value is -1.36. The smallest absolute Gasteiger partial charge is 0.0607 e. The summed E-state index contributed by atoms with van der Waals surface area (Å²) in [5.41, 5.74) is 10.3. The fraction of sp³-hybridized carbons (Fsp3) is 0.235. The Morgan fingerprint density at radius 3 is 2.68 bits per heavy atom. The van der Waals surface area contributed by atoms with Gasteiger partial charge >= 0.3 is 0 Å². The Balaban J connectivity index is 2.17. The van der Waals surface area contributed by atoms with E-state index in [1.54, 1.807) is 0 Å². The zero-order valence-electron chi connectivity index (χ0n) is 12.1. The Labute approximate surface area is 143 Å². The molecule has 3 rings (SSSR count). The van der Waals surface area contributed by atoms with Crippen molar-refractivity contribution < 1.29 is 0 Å². The van der Waals surface area contributed by atoms with E-state index in [9.17, 15) is 0 Å². The molecule has 2 aromatic heterocycles. The maximum absolute atomic E-state index is 6.24. The molecule has 0 spiro atoms. The average Bonchev–Trinajstić information content (AvgIpc) is 2.88. The minimum Gasteiger partial charge on any atom is -0.353 e. The third-order valence-corrected chi connectivity index (χ3v) is 4.63. The standard InChI is InChI=1S/C17H17BrClN3/c18-15-10-12(19)9-14-13(3-1-2-6-20)16(22-17(14)15)11-4-7-21-8-5-11/h4-5,7-10,22H,1-3,6,20H2. The molecular formula is C17H17BrClN3. The first-order valence-electron chi connectivity index (χ1n) is 7.30. The van der Waals surface area contributed by atoms with Gasteiger partial charge < -0.3 is 10.7 Å². The second kappa shape index (κ2) is 6.82. The quantitative estimate of drug-likeness (QED) is 0.619. The number of fused-ring (bicyclic) bond motifs is 1. The van der Waals surface area contributed by atoms with Crippen molar-refractivity contribution >= 4 is 38.4 Å². The second-order valence-corrected chi connectivity index (χ2v) is 6.56. The minimum absolute atomic E-state index is 0.720. The third-order valence-electron chi connectivity index (χ3n) is 3.78. The Bertz CT molecular complexity index is 783. The van der Waals surface area contributed by atoms with E-state index in [0.29, 0.717) is 0 Å². The molecule has 0 aliphatic carbocycles. The van der Waals surface area contributed by atoms with Crippen molar-refractivity contribution in [1.29, 1.82) is 0 Å². The van der Waals surface area contributed by atoms with Gasteiger partial charge in [-0.15, -0.1) is 0 Å². The number of hydrogen-bond acceptors (Lipinski definition) is 2. The van der Waals surface area contributed by atoms with Gasteiger partial charge in [0.15, 0.2) is 0 Å². The van der Waals surface area contributed by atoms with Crippen LogP contribution < -0.4 is 5.73 Å². The second-order valence-electron chi connectivity index (χ2n) is 5.27. The van der Waals surface area contributed by atoms with Gasteiger partial charge in [0.25, 0.3) is 0 Å². The molecule has 0 saturated carbocycles. The molecule has 0 amide bonds. The number of benzene rings is 1. The predicted molar refractivity (Wildman–Crippen MR) is 96.2 cm³/mol. The molecule has 0 atom stereocenters. The van der Waals surface area contributed by atoms with Crippen molar-refractivity contribution in [3.8, 4) is 11.3 Å². The molecule has 5 heteroatoms. The number of halogens is 2. The van der Waals surface area contributed by atoms with E-state index in [-0.39, 0.29) is 0 Å². The molecule has 3 aromatic rings. The highest BCUT2D eigenvalue weighted by atomic mass is 79.9. The van der Waals surface area contributed by atoms with E-state index in [1.807, 2.05) is 36.7 Å². The summed E-state index contributed by atoms with van der Waals surface area (Å²) in [5.74, 6) is 0. The maximum atomic E-state index is 6.24. The monoisotopic (exact) mass is 377 g/mol. The zero-order chi connectivity index (χ0) is 15.5. The molecule has 0 saturated heterocycles. The summed E-state index contributed by atoms with van der Waals surface area (Å²) in [6.07, 6.45) is 6.68. The van der Waals surface area contributed by atoms with E-state index in [2.05, 4.69) is 25.9 Å². The highest BCUT2D eigenvalue weighted by Crippen LogP contribution is 2.36. The number of unbranched alkanes of at least 4 members (excludes halogenated alkanes) is 1. The molecule has 114 valence electrons. The van der Waals surface area contributed by atoms with E-state index < -0.39 is 0 Å². The first-order valence-corrected chi connectivity index (χ1v) is 8.48. The molecular weight excluding hydrogens is 362 g/mol. The molecule has 0 fully saturated rings. The van der Waals surface area contributed by atoms with Gasteiger partial charge in [-0.1, -0.05) is 11.6 Å². The molecule has 0 aliphatic heterocycles. The molecule has 22 heavy (non-hydrogen) atoms. The number of pyridine rings is 1. The Morgan fingerprint density at radius 1 is 1.18 bits per heavy atom. The van der Waals surface area contributed by atoms with Gasteiger partial charge in [0.2, 0.25) is 0 Å². The lowest BCUT2D eigenvalue weighted by Crippen LogP contribution is -1.99. The van der Waals surface area contributed by atoms with Gasteiger partial charge in [-0.2, -0.15) is 0 Å². The van der Waals surface area contributed by atoms with Crippen molar-refractivity contribution in [2.75, 3.05) is 6.54 Å². The van der Waals surface area contributed by atoms with Crippen LogP contribution in [-0.2, 0) is 6.42 Å². The number of rotatable bonds is 5. The summed E-state index contributed by atoms with van der Waals surface area (Å²) in [6, 6.07) is 7.99. The lowest BCUT2D eigenvalue weighted by Gasteiger charge is -2.05. The van der Waals surface area contributed by atoms with Crippen molar-refractivity contribution in [2.24, 2.45) is 5.73 Å². The number of aryl methyl sites for hydroxylation is 1. The van der Waals surface area contributed by atoms with Crippen LogP contribution in [0.5, 0.6) is 0 Å². The summed E-state index contributed by atoms with van der Waals surface area (Å²) in [6.45, 7) is 0.720. The summed E-state index contributed by atoms with van der Waals surface area (Å²) >= 11 is 9.84. The fourth-order valence-corrected chi connectivity index (χ4v) is 3.65. The summed E-state index contributed by atoms with van der Waals surface area (Å²) in [7, 11) is 0. The van der Waals surface area contributed by atoms with Gasteiger partial charge in [-0.05, 0) is 71.6 Å². The van der Waals surface area contributed by atoms with Crippen molar-refractivity contribution in [3.63, 3.8) is 0 Å². The lowest BCUT2D eigenvalue weighted by atomic mass is 10.0. The summed E-state index contributed by atoms with van der Waals surface area (Å²) < 4.78 is 0.982. The van der Waals surface area contributed by atoms with Crippen LogP contribution in [0.15, 0.2) is 41.1 Å². The van der Waals surface area contributed by atoms with E-state index in [0.717, 1.165) is 52.1 Å². The molecule has 1 aromatic carbocycles. The SMILES string of the molecule is NCCCCc1c(-c2ccncc2)[nH]c2c(Br)cc(Cl)cc12. The number of H-pyrrole nitrogens is 1. The van der Waals surface area contributed by atoms with Crippen molar-refractivity contribution in [3.05, 3.63) is 51.7 Å². The first kappa shape index (κ1) is 15.5. The van der Waals surface area contributed by atoms with Gasteiger partial charge in [-0.25, -0.2) is 0 Å². The largest absolute Gasteiger partial charge is 0.353 e. The van der Waals surface area contributed by atoms with Crippen LogP contribution in [0.2, 0.25) is 5.02 Å². The minimum atomic E-state index is 0.720. The molecule has 0 unspecified atom stereocenters. The van der Waals surface area contributed by atoms with Gasteiger partial charge in [-0.3, -0.25) is 4.98 Å². The number of nitrogens with zero attached hydrogens (tertiary/aromatic N) is 1. The van der Waals surface area contributed by atoms with Crippen LogP contribution in [-0.4, -0.2) is 16.5 Å². The predicted octanol–water partition coefficient (Wildman–Crippen LogP) is 4.93. The van der Waals surface area contributed by atoms with Crippen LogP contribution >= 0.6 is 27.5 Å². The number of aromatic amines is 1. The van der Waals surface area contributed by atoms with E-state index in [1.165, 1.54) is 10.9 Å². The lowest BCUT2D eigenvalue weighted by molar-refractivity contribution is 0.748. The first-order chi connectivity index (χ1) is 10.7. The number of aromatic nitrogens is 2. The molecule has 0 aliphatic rings. The molecule has 3 N–H and O–H groups in total. The fourth-order valence-electron chi connectivity index (χ4n) is 2.74. The van der Waals surface area contributed by atoms with Crippen LogP contribution in [0.25, 0.3) is 22.2 Å². The Morgan fingerprint density at radius 2 is 1.95 bits per heavy atom. The maximum Gasteiger partial charge on any atom is 0.0607 e. The average molecular weight is 379 g/mol. The molecule has 0 bridgehead atoms. The van der Waals surface area contributed by atoms with Crippen molar-refractivity contribution in [1.82, 2.24) is 9.97 Å². The van der Waals surface area contributed by atoms with Crippen LogP contribution in [0, 0.1) is 0 Å². The molecule has 3 nitrogen and oxygen atoms in total. The van der Waals surface area contributed by atoms with E-state index >= 15 is 0 Å². The number of nitrogens with two attached hydrogens (primary N) is 1. The number of hydrogen-bond donors (Lipinski definition) is 2. The van der Waals surface area contributed by atoms with Crippen molar-refractivity contribution in [2.45, 2.75) is 19.3 Å². The number of nitrogens with one attached hydrogen (secondary N) is 1. The third kappa shape index (κ3) is 3.05. The van der Waals surface area contributed by atoms with Crippen LogP contribution in [0.4, 0.5) is 0 Å². The van der Waals surface area contributed by atoms with Gasteiger partial charge in [0.05, 0.1) is 5.52 Å². The normalized spacial score (nSPS) is 11.2. The highest BCUT2D eigenvalue weighted by molar-refractivity contribution is 9.10. The topological polar surface area (TPSA) is 54.7 Å². The molecule has 0 radical (unpaired) electrons. The van der Waals surface area contributed by atoms with Gasteiger partial charge in [0.1, 0.15) is 0 Å². The zero-order valence-corrected chi connectivity index (χ0v) is 14.4. The van der Waals surface area contributed by atoms with E-state index in [4.69, 9.17) is 17.3 Å². The van der Waals surface area contributed by atoms with Crippen LogP contribution in [0.3, 0.4) is 0 Å². The summed E-state index contributed by atoms with van der Waals surface area (Å²) in [4.78, 5) is 7.64. The summed E-state index contributed by atoms with van der Waals surface area (Å²) in [5, 5.41) is 1.91. The highest BCUT2D eigenvalue weighted by Gasteiger charge is 2.15. The van der Waals surface area contributed by atoms with Crippen LogP contribution in [0.1, 0.15) is 18.4 Å².